The molecule has 0 heterocycles. The van der Waals surface area contributed by atoms with Gasteiger partial charge in [0, 0.05) is 9.50 Å². The summed E-state index contributed by atoms with van der Waals surface area (Å²) in [5.41, 5.74) is 6.51. The van der Waals surface area contributed by atoms with Crippen LogP contribution in [0.4, 0.5) is 0 Å². The summed E-state index contributed by atoms with van der Waals surface area (Å²) in [7, 11) is 0. The maximum absolute atomic E-state index is 10.8. The molecule has 0 aliphatic rings. The van der Waals surface area contributed by atoms with Gasteiger partial charge in [-0.1, -0.05) is 39.7 Å². The third kappa shape index (κ3) is 2.78. The molecule has 2 rings (SSSR count). The van der Waals surface area contributed by atoms with Gasteiger partial charge in [0.1, 0.15) is 6.10 Å². The van der Waals surface area contributed by atoms with E-state index in [1.807, 2.05) is 12.1 Å². The van der Waals surface area contributed by atoms with E-state index in [1.165, 1.54) is 11.1 Å². The normalized spacial score (nSPS) is 12.6. The Morgan fingerprint density at radius 3 is 2.05 bits per heavy atom. The van der Waals surface area contributed by atoms with Gasteiger partial charge in [-0.3, -0.25) is 0 Å². The van der Waals surface area contributed by atoms with Crippen LogP contribution in [0.25, 0.3) is 0 Å². The van der Waals surface area contributed by atoms with Gasteiger partial charge in [-0.05, 0) is 73.2 Å². The average Bonchev–Trinajstić information content (AvgIpc) is 2.36. The largest absolute Gasteiger partial charge is 0.384 e. The Morgan fingerprint density at radius 1 is 1.00 bits per heavy atom. The highest BCUT2D eigenvalue weighted by atomic mass is 79.9. The second-order valence-electron chi connectivity index (χ2n) is 5.24. The maximum atomic E-state index is 10.8. The van der Waals surface area contributed by atoms with Gasteiger partial charge >= 0.3 is 0 Å². The van der Waals surface area contributed by atoms with Crippen LogP contribution in [0.5, 0.6) is 0 Å². The third-order valence-electron chi connectivity index (χ3n) is 3.95. The number of rotatable bonds is 2. The van der Waals surface area contributed by atoms with Gasteiger partial charge in [-0.25, -0.2) is 0 Å². The van der Waals surface area contributed by atoms with Crippen LogP contribution in [0.3, 0.4) is 0 Å². The molecule has 0 saturated carbocycles. The SMILES string of the molecule is Cc1cc(C)c(C)c(C(O)c2ccc(Cl)cc2Br)c1C. The first kappa shape index (κ1) is 15.6. The minimum absolute atomic E-state index is 0.653. The first-order chi connectivity index (χ1) is 9.32. The molecule has 1 nitrogen and oxygen atoms in total. The van der Waals surface area contributed by atoms with Crippen LogP contribution in [-0.4, -0.2) is 5.11 Å². The van der Waals surface area contributed by atoms with Crippen molar-refractivity contribution in [2.24, 2.45) is 0 Å². The van der Waals surface area contributed by atoms with E-state index in [0.717, 1.165) is 26.7 Å². The predicted octanol–water partition coefficient (Wildman–Crippen LogP) is 5.42. The molecular formula is C17H18BrClO. The van der Waals surface area contributed by atoms with E-state index in [9.17, 15) is 5.11 Å². The fourth-order valence-corrected chi connectivity index (χ4v) is 3.44. The molecule has 0 aromatic heterocycles. The molecule has 0 amide bonds. The van der Waals surface area contributed by atoms with Gasteiger partial charge in [0.25, 0.3) is 0 Å². The van der Waals surface area contributed by atoms with Crippen LogP contribution in [0.15, 0.2) is 28.7 Å². The lowest BCUT2D eigenvalue weighted by atomic mass is 9.88. The molecule has 0 radical (unpaired) electrons. The average molecular weight is 354 g/mol. The van der Waals surface area contributed by atoms with Crippen LogP contribution >= 0.6 is 27.5 Å². The van der Waals surface area contributed by atoms with Crippen molar-refractivity contribution in [1.82, 2.24) is 0 Å². The van der Waals surface area contributed by atoms with Crippen LogP contribution in [0, 0.1) is 27.7 Å². The molecule has 1 unspecified atom stereocenters. The molecule has 0 saturated heterocycles. The number of halogens is 2. The monoisotopic (exact) mass is 352 g/mol. The topological polar surface area (TPSA) is 20.2 Å². The van der Waals surface area contributed by atoms with Gasteiger partial charge in [0.2, 0.25) is 0 Å². The zero-order chi connectivity index (χ0) is 15.0. The first-order valence-corrected chi connectivity index (χ1v) is 7.70. The van der Waals surface area contributed by atoms with Gasteiger partial charge in [0.05, 0.1) is 0 Å². The summed E-state index contributed by atoms with van der Waals surface area (Å²) in [6.07, 6.45) is -0.653. The number of benzene rings is 2. The fraction of sp³-hybridized carbons (Fsp3) is 0.294. The predicted molar refractivity (Wildman–Crippen MR) is 88.6 cm³/mol. The quantitative estimate of drug-likeness (QED) is 0.764. The Balaban J connectivity index is 2.62. The van der Waals surface area contributed by atoms with Gasteiger partial charge in [-0.15, -0.1) is 0 Å². The third-order valence-corrected chi connectivity index (χ3v) is 4.88. The molecule has 2 aromatic carbocycles. The van der Waals surface area contributed by atoms with E-state index >= 15 is 0 Å². The standard InChI is InChI=1S/C17H18BrClO/c1-9-7-10(2)12(4)16(11(9)3)17(20)14-6-5-13(19)8-15(14)18/h5-8,17,20H,1-4H3. The molecule has 0 aliphatic heterocycles. The van der Waals surface area contributed by atoms with Crippen molar-refractivity contribution in [2.45, 2.75) is 33.8 Å². The first-order valence-electron chi connectivity index (χ1n) is 6.53. The van der Waals surface area contributed by atoms with Crippen molar-refractivity contribution in [3.05, 3.63) is 67.1 Å². The lowest BCUT2D eigenvalue weighted by molar-refractivity contribution is 0.218. The molecule has 20 heavy (non-hydrogen) atoms. The van der Waals surface area contributed by atoms with E-state index < -0.39 is 6.10 Å². The van der Waals surface area contributed by atoms with Crippen LogP contribution in [0.1, 0.15) is 39.5 Å². The summed E-state index contributed by atoms with van der Waals surface area (Å²) in [5.74, 6) is 0. The second kappa shape index (κ2) is 5.88. The Bertz CT molecular complexity index is 638. The Hall–Kier alpha value is -0.830. The van der Waals surface area contributed by atoms with E-state index in [1.54, 1.807) is 6.07 Å². The molecule has 1 atom stereocenters. The smallest absolute Gasteiger partial charge is 0.106 e. The Morgan fingerprint density at radius 2 is 1.55 bits per heavy atom. The summed E-state index contributed by atoms with van der Waals surface area (Å²) in [5, 5.41) is 11.5. The van der Waals surface area contributed by atoms with Gasteiger partial charge in [-0.2, -0.15) is 0 Å². The molecule has 2 aromatic rings. The molecule has 3 heteroatoms. The number of hydrogen-bond donors (Lipinski definition) is 1. The highest BCUT2D eigenvalue weighted by molar-refractivity contribution is 9.10. The number of hydrogen-bond acceptors (Lipinski definition) is 1. The molecule has 0 aliphatic carbocycles. The van der Waals surface area contributed by atoms with Crippen LogP contribution in [-0.2, 0) is 0 Å². The minimum Gasteiger partial charge on any atom is -0.384 e. The number of aryl methyl sites for hydroxylation is 2. The van der Waals surface area contributed by atoms with Gasteiger partial charge < -0.3 is 5.11 Å². The van der Waals surface area contributed by atoms with E-state index in [0.29, 0.717) is 5.02 Å². The maximum Gasteiger partial charge on any atom is 0.106 e. The summed E-state index contributed by atoms with van der Waals surface area (Å²) < 4.78 is 0.829. The number of aliphatic hydroxyl groups excluding tert-OH is 1. The molecule has 0 bridgehead atoms. The fourth-order valence-electron chi connectivity index (χ4n) is 2.54. The molecule has 0 spiro atoms. The van der Waals surface area contributed by atoms with Crippen molar-refractivity contribution >= 4 is 27.5 Å². The van der Waals surface area contributed by atoms with E-state index in [4.69, 9.17) is 11.6 Å². The summed E-state index contributed by atoms with van der Waals surface area (Å²) in [6.45, 7) is 8.28. The highest BCUT2D eigenvalue weighted by Crippen LogP contribution is 2.35. The Labute approximate surface area is 133 Å². The van der Waals surface area contributed by atoms with Gasteiger partial charge in [0.15, 0.2) is 0 Å². The Kier molecular flexibility index (Phi) is 4.58. The van der Waals surface area contributed by atoms with E-state index in [2.05, 4.69) is 49.7 Å². The molecule has 1 N–H and O–H groups in total. The van der Waals surface area contributed by atoms with Crippen molar-refractivity contribution in [2.75, 3.05) is 0 Å². The van der Waals surface area contributed by atoms with Crippen LogP contribution in [0.2, 0.25) is 5.02 Å². The molecule has 0 fully saturated rings. The van der Waals surface area contributed by atoms with Crippen LogP contribution < -0.4 is 0 Å². The summed E-state index contributed by atoms with van der Waals surface area (Å²) in [6, 6.07) is 7.65. The zero-order valence-electron chi connectivity index (χ0n) is 12.1. The number of aliphatic hydroxyl groups is 1. The van der Waals surface area contributed by atoms with Crippen molar-refractivity contribution in [3.63, 3.8) is 0 Å². The summed E-state index contributed by atoms with van der Waals surface area (Å²) in [4.78, 5) is 0. The second-order valence-corrected chi connectivity index (χ2v) is 6.53. The lowest BCUT2D eigenvalue weighted by Crippen LogP contribution is -2.08. The highest BCUT2D eigenvalue weighted by Gasteiger charge is 2.20. The van der Waals surface area contributed by atoms with Crippen molar-refractivity contribution < 1.29 is 5.11 Å². The summed E-state index contributed by atoms with van der Waals surface area (Å²) >= 11 is 9.46. The zero-order valence-corrected chi connectivity index (χ0v) is 14.4. The lowest BCUT2D eigenvalue weighted by Gasteiger charge is -2.21. The van der Waals surface area contributed by atoms with Crippen molar-refractivity contribution in [1.29, 1.82) is 0 Å². The minimum atomic E-state index is -0.653. The van der Waals surface area contributed by atoms with E-state index in [-0.39, 0.29) is 0 Å². The molecular weight excluding hydrogens is 336 g/mol. The van der Waals surface area contributed by atoms with Crippen molar-refractivity contribution in [3.8, 4) is 0 Å². The molecule has 106 valence electrons.